The summed E-state index contributed by atoms with van der Waals surface area (Å²) in [5.74, 6) is 6.61. The topological polar surface area (TPSA) is 17.1 Å². The molecule has 5 fully saturated rings. The molecule has 9 atom stereocenters. The first-order valence-corrected chi connectivity index (χ1v) is 6.66. The Morgan fingerprint density at radius 2 is 2.00 bits per heavy atom. The van der Waals surface area contributed by atoms with E-state index in [4.69, 9.17) is 0 Å². The van der Waals surface area contributed by atoms with Gasteiger partial charge in [-0.25, -0.2) is 0 Å². The van der Waals surface area contributed by atoms with Crippen LogP contribution in [0.15, 0.2) is 0 Å². The average Bonchev–Trinajstić information content (AvgIpc) is 2.52. The van der Waals surface area contributed by atoms with Crippen molar-refractivity contribution < 1.29 is 4.79 Å². The number of alkyl halides is 1. The molecule has 2 bridgehead atoms. The summed E-state index contributed by atoms with van der Waals surface area (Å²) < 4.78 is 0.327. The van der Waals surface area contributed by atoms with Gasteiger partial charge in [0.1, 0.15) is 5.78 Å². The van der Waals surface area contributed by atoms with Crippen LogP contribution in [-0.2, 0) is 4.79 Å². The Kier molecular flexibility index (Phi) is 0.883. The summed E-state index contributed by atoms with van der Waals surface area (Å²) in [5, 5.41) is 0. The highest BCUT2D eigenvalue weighted by Gasteiger charge is 2.86. The Morgan fingerprint density at radius 3 is 2.79 bits per heavy atom. The lowest BCUT2D eigenvalue weighted by Crippen LogP contribution is -2.53. The lowest BCUT2D eigenvalue weighted by molar-refractivity contribution is -0.134. The van der Waals surface area contributed by atoms with Crippen molar-refractivity contribution in [1.82, 2.24) is 0 Å². The smallest absolute Gasteiger partial charge is 0.140 e. The highest BCUT2D eigenvalue weighted by atomic mass is 79.9. The minimum Gasteiger partial charge on any atom is -0.299 e. The normalized spacial score (nSPS) is 80.3. The molecule has 1 nitrogen and oxygen atoms in total. The summed E-state index contributed by atoms with van der Waals surface area (Å²) in [6.07, 6.45) is 1.39. The van der Waals surface area contributed by atoms with Crippen LogP contribution >= 0.6 is 15.9 Å². The van der Waals surface area contributed by atoms with Crippen LogP contribution in [-0.4, -0.2) is 10.1 Å². The maximum absolute atomic E-state index is 12.2. The molecule has 0 aromatic heterocycles. The zero-order valence-corrected chi connectivity index (χ0v) is 9.70. The second-order valence-electron chi connectivity index (χ2n) is 6.37. The summed E-state index contributed by atoms with van der Waals surface area (Å²) in [6.45, 7) is 2.37. The van der Waals surface area contributed by atoms with Crippen molar-refractivity contribution in [2.45, 2.75) is 17.7 Å². The van der Waals surface area contributed by atoms with E-state index in [0.717, 1.165) is 29.6 Å². The highest BCUT2D eigenvalue weighted by molar-refractivity contribution is 9.10. The van der Waals surface area contributed by atoms with Crippen LogP contribution in [0.25, 0.3) is 0 Å². The predicted molar refractivity (Wildman–Crippen MR) is 54.9 cm³/mol. The SMILES string of the molecule is C[C@@]1(Br)[C@@H]2[C@@H]3C(=O)[C@H]4[C@H]5C[C@H]([C@@H]2[C@H]53)[C@@H]41. The molecule has 5 rings (SSSR count). The Labute approximate surface area is 91.8 Å². The number of halogens is 1. The van der Waals surface area contributed by atoms with E-state index in [2.05, 4.69) is 22.9 Å². The summed E-state index contributed by atoms with van der Waals surface area (Å²) in [5.41, 5.74) is 0. The summed E-state index contributed by atoms with van der Waals surface area (Å²) >= 11 is 3.97. The van der Waals surface area contributed by atoms with E-state index < -0.39 is 0 Å². The lowest BCUT2D eigenvalue weighted by Gasteiger charge is -2.49. The molecule has 0 unspecified atom stereocenters. The zero-order valence-electron chi connectivity index (χ0n) is 8.11. The Balaban J connectivity index is 1.87. The molecular formula is C12H13BrO. The minimum atomic E-state index is 0.327. The third-order valence-corrected chi connectivity index (χ3v) is 7.52. The van der Waals surface area contributed by atoms with Gasteiger partial charge in [-0.2, -0.15) is 0 Å². The largest absolute Gasteiger partial charge is 0.299 e. The molecule has 74 valence electrons. The van der Waals surface area contributed by atoms with Crippen molar-refractivity contribution in [2.75, 3.05) is 0 Å². The Bertz CT molecular complexity index is 388. The maximum Gasteiger partial charge on any atom is 0.140 e. The van der Waals surface area contributed by atoms with E-state index in [1.807, 2.05) is 0 Å². The van der Waals surface area contributed by atoms with Gasteiger partial charge in [0.05, 0.1) is 0 Å². The number of rotatable bonds is 0. The van der Waals surface area contributed by atoms with Gasteiger partial charge >= 0.3 is 0 Å². The fourth-order valence-corrected chi connectivity index (χ4v) is 7.76. The molecular weight excluding hydrogens is 240 g/mol. The fourth-order valence-electron chi connectivity index (χ4n) is 6.54. The van der Waals surface area contributed by atoms with Crippen LogP contribution in [0, 0.1) is 47.3 Å². The van der Waals surface area contributed by atoms with Gasteiger partial charge in [-0.15, -0.1) is 0 Å². The van der Waals surface area contributed by atoms with Crippen LogP contribution in [0.3, 0.4) is 0 Å². The zero-order chi connectivity index (χ0) is 9.40. The lowest BCUT2D eigenvalue weighted by atomic mass is 9.57. The molecule has 0 saturated heterocycles. The van der Waals surface area contributed by atoms with Gasteiger partial charge in [0.15, 0.2) is 0 Å². The van der Waals surface area contributed by atoms with Crippen LogP contribution in [0.2, 0.25) is 0 Å². The molecule has 14 heavy (non-hydrogen) atoms. The standard InChI is InChI=1S/C12H13BrO/c1-12(13)9-4-2-3-5-6(4)10(12)8(5)11(14)7(3)9/h3-10H,2H2,1H3/t3-,4+,5-,6+,7-,8+,9-,10-,12-/m0/s1. The fraction of sp³-hybridized carbons (Fsp3) is 0.917. The predicted octanol–water partition coefficient (Wildman–Crippen LogP) is 2.10. The first kappa shape index (κ1) is 7.43. The molecule has 0 aromatic rings. The molecule has 0 aromatic carbocycles. The summed E-state index contributed by atoms with van der Waals surface area (Å²) in [6, 6.07) is 0. The monoisotopic (exact) mass is 252 g/mol. The molecule has 0 heterocycles. The van der Waals surface area contributed by atoms with E-state index in [9.17, 15) is 4.79 Å². The molecule has 0 radical (unpaired) electrons. The van der Waals surface area contributed by atoms with E-state index in [0.29, 0.717) is 27.9 Å². The van der Waals surface area contributed by atoms with Crippen LogP contribution < -0.4 is 0 Å². The Morgan fingerprint density at radius 1 is 1.21 bits per heavy atom. The second kappa shape index (κ2) is 1.66. The molecule has 0 spiro atoms. The van der Waals surface area contributed by atoms with Gasteiger partial charge in [0, 0.05) is 16.2 Å². The van der Waals surface area contributed by atoms with E-state index >= 15 is 0 Å². The third kappa shape index (κ3) is 0.417. The molecule has 5 saturated carbocycles. The van der Waals surface area contributed by atoms with Gasteiger partial charge in [0.2, 0.25) is 0 Å². The molecule has 0 N–H and O–H groups in total. The van der Waals surface area contributed by atoms with E-state index in [1.165, 1.54) is 6.42 Å². The van der Waals surface area contributed by atoms with Gasteiger partial charge in [0.25, 0.3) is 0 Å². The first-order valence-electron chi connectivity index (χ1n) is 5.86. The van der Waals surface area contributed by atoms with Crippen LogP contribution in [0.4, 0.5) is 0 Å². The maximum atomic E-state index is 12.2. The molecule has 0 aliphatic heterocycles. The number of carbonyl (C=O) groups is 1. The highest BCUT2D eigenvalue weighted by Crippen LogP contribution is 2.85. The van der Waals surface area contributed by atoms with Crippen molar-refractivity contribution in [3.8, 4) is 0 Å². The Hall–Kier alpha value is 0.150. The third-order valence-electron chi connectivity index (χ3n) is 6.46. The van der Waals surface area contributed by atoms with Crippen molar-refractivity contribution in [3.63, 3.8) is 0 Å². The summed E-state index contributed by atoms with van der Waals surface area (Å²) in [4.78, 5) is 12.2. The van der Waals surface area contributed by atoms with E-state index in [-0.39, 0.29) is 0 Å². The number of carbonyl (C=O) groups excluding carboxylic acids is 1. The van der Waals surface area contributed by atoms with Gasteiger partial charge in [-0.05, 0) is 48.9 Å². The molecule has 5 aliphatic carbocycles. The second-order valence-corrected chi connectivity index (χ2v) is 8.08. The number of hydrogen-bond donors (Lipinski definition) is 0. The minimum absolute atomic E-state index is 0.327. The number of fused-ring (bicyclic) bond motifs is 2. The number of Topliss-reactive ketones (excluding diaryl/α,β-unsaturated/α-hetero) is 1. The van der Waals surface area contributed by atoms with Crippen LogP contribution in [0.5, 0.6) is 0 Å². The van der Waals surface area contributed by atoms with Gasteiger partial charge in [-0.1, -0.05) is 15.9 Å². The molecule has 0 amide bonds. The van der Waals surface area contributed by atoms with Gasteiger partial charge < -0.3 is 0 Å². The van der Waals surface area contributed by atoms with E-state index in [1.54, 1.807) is 0 Å². The van der Waals surface area contributed by atoms with Crippen molar-refractivity contribution >= 4 is 21.7 Å². The first-order chi connectivity index (χ1) is 6.64. The van der Waals surface area contributed by atoms with Crippen molar-refractivity contribution in [1.29, 1.82) is 0 Å². The average molecular weight is 253 g/mol. The van der Waals surface area contributed by atoms with Crippen LogP contribution in [0.1, 0.15) is 13.3 Å². The number of ketones is 1. The molecule has 2 heteroatoms. The number of hydrogen-bond acceptors (Lipinski definition) is 1. The quantitative estimate of drug-likeness (QED) is 0.604. The molecule has 5 aliphatic rings. The summed E-state index contributed by atoms with van der Waals surface area (Å²) in [7, 11) is 0. The van der Waals surface area contributed by atoms with Crippen molar-refractivity contribution in [2.24, 2.45) is 47.3 Å². The van der Waals surface area contributed by atoms with Crippen molar-refractivity contribution in [3.05, 3.63) is 0 Å². The van der Waals surface area contributed by atoms with Gasteiger partial charge in [-0.3, -0.25) is 4.79 Å².